The molecule has 7 heteroatoms. The topological polar surface area (TPSA) is 111 Å². The number of aryl methyl sites for hydroxylation is 1. The zero-order valence-corrected chi connectivity index (χ0v) is 14.3. The third-order valence-electron chi connectivity index (χ3n) is 3.26. The number of ether oxygens (including phenoxy) is 1. The summed E-state index contributed by atoms with van der Waals surface area (Å²) in [4.78, 5) is 34.7. The normalized spacial score (nSPS) is 11.7. The van der Waals surface area contributed by atoms with Gasteiger partial charge >= 0.3 is 12.0 Å². The molecular formula is C17H25N3O4. The van der Waals surface area contributed by atoms with E-state index < -0.39 is 30.6 Å². The van der Waals surface area contributed by atoms with Crippen LogP contribution in [0.3, 0.4) is 0 Å². The zero-order valence-electron chi connectivity index (χ0n) is 14.3. The van der Waals surface area contributed by atoms with Gasteiger partial charge in [0.2, 0.25) is 0 Å². The number of carbonyl (C=O) groups is 3. The maximum absolute atomic E-state index is 12.0. The first-order valence-electron chi connectivity index (χ1n) is 7.82. The van der Waals surface area contributed by atoms with Gasteiger partial charge in [-0.05, 0) is 24.8 Å². The zero-order chi connectivity index (χ0) is 18.1. The van der Waals surface area contributed by atoms with E-state index in [1.165, 1.54) is 0 Å². The minimum atomic E-state index is -0.854. The van der Waals surface area contributed by atoms with Crippen molar-refractivity contribution in [1.29, 1.82) is 0 Å². The van der Waals surface area contributed by atoms with E-state index >= 15 is 0 Å². The number of primary amides is 1. The van der Waals surface area contributed by atoms with Gasteiger partial charge in [-0.2, -0.15) is 0 Å². The minimum absolute atomic E-state index is 0.157. The summed E-state index contributed by atoms with van der Waals surface area (Å²) in [5, 5.41) is 5.00. The lowest BCUT2D eigenvalue weighted by atomic mass is 10.0. The summed E-state index contributed by atoms with van der Waals surface area (Å²) in [6.45, 7) is 5.73. The highest BCUT2D eigenvalue weighted by Crippen LogP contribution is 2.06. The molecule has 1 rings (SSSR count). The monoisotopic (exact) mass is 335 g/mol. The maximum Gasteiger partial charge on any atom is 0.329 e. The molecule has 0 heterocycles. The van der Waals surface area contributed by atoms with Crippen LogP contribution in [0.1, 0.15) is 31.4 Å². The van der Waals surface area contributed by atoms with E-state index in [2.05, 4.69) is 10.6 Å². The van der Waals surface area contributed by atoms with Gasteiger partial charge in [0.1, 0.15) is 6.04 Å². The predicted octanol–water partition coefficient (Wildman–Crippen LogP) is 1.24. The lowest BCUT2D eigenvalue weighted by Crippen LogP contribution is -2.45. The first-order valence-corrected chi connectivity index (χ1v) is 7.82. The SMILES string of the molecule is Cc1ccc(CNC(=O)COC(=O)[C@H](CC(C)C)NC(N)=O)cc1. The molecule has 1 aromatic rings. The second-order valence-electron chi connectivity index (χ2n) is 6.06. The Labute approximate surface area is 141 Å². The average Bonchev–Trinajstić information content (AvgIpc) is 2.50. The van der Waals surface area contributed by atoms with Gasteiger partial charge in [-0.15, -0.1) is 0 Å². The number of benzene rings is 1. The number of hydrogen-bond acceptors (Lipinski definition) is 4. The maximum atomic E-state index is 12.0. The van der Waals surface area contributed by atoms with Crippen molar-refractivity contribution >= 4 is 17.9 Å². The Hall–Kier alpha value is -2.57. The summed E-state index contributed by atoms with van der Waals surface area (Å²) in [6, 6.07) is 6.07. The first kappa shape index (κ1) is 19.5. The Morgan fingerprint density at radius 3 is 2.33 bits per heavy atom. The average molecular weight is 335 g/mol. The molecule has 7 nitrogen and oxygen atoms in total. The largest absolute Gasteiger partial charge is 0.454 e. The van der Waals surface area contributed by atoms with Gasteiger partial charge in [0.25, 0.3) is 5.91 Å². The fourth-order valence-corrected chi connectivity index (χ4v) is 2.05. The van der Waals surface area contributed by atoms with Crippen molar-refractivity contribution in [1.82, 2.24) is 10.6 Å². The Morgan fingerprint density at radius 2 is 1.79 bits per heavy atom. The summed E-state index contributed by atoms with van der Waals surface area (Å²) in [5.74, 6) is -0.927. The van der Waals surface area contributed by atoms with E-state index in [0.717, 1.165) is 11.1 Å². The number of amides is 3. The molecule has 0 aliphatic heterocycles. The molecule has 0 saturated heterocycles. The van der Waals surface area contributed by atoms with Crippen molar-refractivity contribution in [3.05, 3.63) is 35.4 Å². The number of rotatable bonds is 8. The van der Waals surface area contributed by atoms with Crippen molar-refractivity contribution in [2.75, 3.05) is 6.61 Å². The lowest BCUT2D eigenvalue weighted by molar-refractivity contribution is -0.150. The van der Waals surface area contributed by atoms with E-state index in [1.807, 2.05) is 45.0 Å². The van der Waals surface area contributed by atoms with Crippen LogP contribution in [0.4, 0.5) is 4.79 Å². The Morgan fingerprint density at radius 1 is 1.17 bits per heavy atom. The number of carbonyl (C=O) groups excluding carboxylic acids is 3. The third-order valence-corrected chi connectivity index (χ3v) is 3.26. The molecule has 0 saturated carbocycles. The predicted molar refractivity (Wildman–Crippen MR) is 89.9 cm³/mol. The lowest BCUT2D eigenvalue weighted by Gasteiger charge is -2.18. The van der Waals surface area contributed by atoms with Gasteiger partial charge in [0.15, 0.2) is 6.61 Å². The number of hydrogen-bond donors (Lipinski definition) is 3. The molecule has 0 aromatic heterocycles. The van der Waals surface area contributed by atoms with Crippen LogP contribution < -0.4 is 16.4 Å². The van der Waals surface area contributed by atoms with Crippen molar-refractivity contribution in [2.24, 2.45) is 11.7 Å². The molecule has 0 aliphatic carbocycles. The van der Waals surface area contributed by atoms with Crippen LogP contribution in [0.25, 0.3) is 0 Å². The molecule has 24 heavy (non-hydrogen) atoms. The molecular weight excluding hydrogens is 310 g/mol. The fourth-order valence-electron chi connectivity index (χ4n) is 2.05. The summed E-state index contributed by atoms with van der Waals surface area (Å²) >= 11 is 0. The third kappa shape index (κ3) is 7.62. The molecule has 132 valence electrons. The molecule has 3 amide bonds. The number of nitrogens with one attached hydrogen (secondary N) is 2. The van der Waals surface area contributed by atoms with Gasteiger partial charge in [-0.3, -0.25) is 4.79 Å². The molecule has 4 N–H and O–H groups in total. The molecule has 1 aromatic carbocycles. The van der Waals surface area contributed by atoms with Crippen LogP contribution >= 0.6 is 0 Å². The van der Waals surface area contributed by atoms with E-state index in [9.17, 15) is 14.4 Å². The van der Waals surface area contributed by atoms with Crippen LogP contribution in [0.5, 0.6) is 0 Å². The van der Waals surface area contributed by atoms with Crippen LogP contribution in [-0.2, 0) is 20.9 Å². The van der Waals surface area contributed by atoms with E-state index in [4.69, 9.17) is 10.5 Å². The van der Waals surface area contributed by atoms with E-state index in [1.54, 1.807) is 0 Å². The van der Waals surface area contributed by atoms with Crippen molar-refractivity contribution in [3.63, 3.8) is 0 Å². The smallest absolute Gasteiger partial charge is 0.329 e. The van der Waals surface area contributed by atoms with Crippen LogP contribution in [0, 0.1) is 12.8 Å². The number of nitrogens with two attached hydrogens (primary N) is 1. The first-order chi connectivity index (χ1) is 11.3. The van der Waals surface area contributed by atoms with Crippen molar-refractivity contribution < 1.29 is 19.1 Å². The molecule has 0 bridgehead atoms. The molecule has 0 fully saturated rings. The van der Waals surface area contributed by atoms with Crippen LogP contribution in [0.15, 0.2) is 24.3 Å². The Bertz CT molecular complexity index is 570. The fraction of sp³-hybridized carbons (Fsp3) is 0.471. The quantitative estimate of drug-likeness (QED) is 0.621. The Balaban J connectivity index is 2.41. The second-order valence-corrected chi connectivity index (χ2v) is 6.06. The van der Waals surface area contributed by atoms with Crippen LogP contribution in [-0.4, -0.2) is 30.6 Å². The second kappa shape index (κ2) is 9.54. The van der Waals surface area contributed by atoms with Crippen LogP contribution in [0.2, 0.25) is 0 Å². The number of urea groups is 1. The molecule has 0 radical (unpaired) electrons. The summed E-state index contributed by atoms with van der Waals surface area (Å²) in [6.07, 6.45) is 0.382. The van der Waals surface area contributed by atoms with Crippen molar-refractivity contribution in [3.8, 4) is 0 Å². The molecule has 0 spiro atoms. The van der Waals surface area contributed by atoms with Crippen molar-refractivity contribution in [2.45, 2.75) is 39.8 Å². The standard InChI is InChI=1S/C17H25N3O4/c1-11(2)8-14(20-17(18)23)16(22)24-10-15(21)19-9-13-6-4-12(3)5-7-13/h4-7,11,14H,8-10H2,1-3H3,(H,19,21)(H3,18,20,23)/t14-/m0/s1. The van der Waals surface area contributed by atoms with Gasteiger partial charge in [-0.25, -0.2) is 9.59 Å². The Kier molecular flexibility index (Phi) is 7.74. The minimum Gasteiger partial charge on any atom is -0.454 e. The summed E-state index contributed by atoms with van der Waals surface area (Å²) in [5.41, 5.74) is 7.14. The summed E-state index contributed by atoms with van der Waals surface area (Å²) < 4.78 is 4.95. The van der Waals surface area contributed by atoms with Gasteiger partial charge in [0.05, 0.1) is 0 Å². The van der Waals surface area contributed by atoms with E-state index in [-0.39, 0.29) is 5.92 Å². The highest BCUT2D eigenvalue weighted by atomic mass is 16.5. The number of esters is 1. The molecule has 0 unspecified atom stereocenters. The molecule has 0 aliphatic rings. The highest BCUT2D eigenvalue weighted by molar-refractivity contribution is 5.85. The highest BCUT2D eigenvalue weighted by Gasteiger charge is 2.23. The van der Waals surface area contributed by atoms with Gasteiger partial charge in [0, 0.05) is 6.54 Å². The van der Waals surface area contributed by atoms with Gasteiger partial charge in [-0.1, -0.05) is 43.7 Å². The van der Waals surface area contributed by atoms with Gasteiger partial charge < -0.3 is 21.1 Å². The summed E-state index contributed by atoms with van der Waals surface area (Å²) in [7, 11) is 0. The van der Waals surface area contributed by atoms with E-state index in [0.29, 0.717) is 13.0 Å². The molecule has 1 atom stereocenters.